The summed E-state index contributed by atoms with van der Waals surface area (Å²) < 4.78 is 5.32. The summed E-state index contributed by atoms with van der Waals surface area (Å²) in [5, 5.41) is 28.3. The van der Waals surface area contributed by atoms with Gasteiger partial charge >= 0.3 is 0 Å². The molecule has 5 heteroatoms. The zero-order valence-corrected chi connectivity index (χ0v) is 8.57. The third-order valence-electron chi connectivity index (χ3n) is 2.14. The van der Waals surface area contributed by atoms with Crippen molar-refractivity contribution >= 4 is 11.8 Å². The van der Waals surface area contributed by atoms with Crippen LogP contribution in [0.3, 0.4) is 0 Å². The van der Waals surface area contributed by atoms with Gasteiger partial charge in [-0.1, -0.05) is 6.92 Å². The Kier molecular flexibility index (Phi) is 4.00. The van der Waals surface area contributed by atoms with E-state index in [1.54, 1.807) is 6.92 Å². The van der Waals surface area contributed by atoms with Crippen molar-refractivity contribution < 1.29 is 20.1 Å². The van der Waals surface area contributed by atoms with E-state index in [0.717, 1.165) is 5.75 Å². The number of aliphatic hydroxyl groups excluding tert-OH is 3. The average Bonchev–Trinajstić information content (AvgIpc) is 2.11. The number of hydrogen-bond acceptors (Lipinski definition) is 5. The topological polar surface area (TPSA) is 69.9 Å². The first-order chi connectivity index (χ1) is 6.07. The number of ether oxygens (including phenoxy) is 1. The first kappa shape index (κ1) is 11.3. The molecule has 0 saturated carbocycles. The van der Waals surface area contributed by atoms with E-state index in [4.69, 9.17) is 4.74 Å². The summed E-state index contributed by atoms with van der Waals surface area (Å²) in [6.07, 6.45) is -3.53. The minimum atomic E-state index is -1.10. The van der Waals surface area contributed by atoms with Crippen LogP contribution < -0.4 is 0 Å². The lowest BCUT2D eigenvalue weighted by atomic mass is 10.0. The lowest BCUT2D eigenvalue weighted by Gasteiger charge is -2.38. The Balaban J connectivity index is 2.59. The van der Waals surface area contributed by atoms with Gasteiger partial charge in [0.25, 0.3) is 0 Å². The van der Waals surface area contributed by atoms with E-state index >= 15 is 0 Å². The van der Waals surface area contributed by atoms with Crippen LogP contribution >= 0.6 is 11.8 Å². The standard InChI is InChI=1S/C8H16O4S/c1-3-13-8-7(11)6(10)5(9)4(2)12-8/h4-11H,3H2,1-2H3/t4-,5+,6+,7-,8?/m1/s1. The minimum Gasteiger partial charge on any atom is -0.388 e. The summed E-state index contributed by atoms with van der Waals surface area (Å²) in [6, 6.07) is 0. The summed E-state index contributed by atoms with van der Waals surface area (Å²) in [7, 11) is 0. The van der Waals surface area contributed by atoms with Crippen molar-refractivity contribution in [2.45, 2.75) is 43.7 Å². The van der Waals surface area contributed by atoms with Crippen LogP contribution in [0, 0.1) is 0 Å². The molecular formula is C8H16O4S. The highest BCUT2D eigenvalue weighted by Crippen LogP contribution is 2.27. The third kappa shape index (κ3) is 2.35. The van der Waals surface area contributed by atoms with Gasteiger partial charge in [0.2, 0.25) is 0 Å². The van der Waals surface area contributed by atoms with Crippen molar-refractivity contribution in [1.82, 2.24) is 0 Å². The van der Waals surface area contributed by atoms with Crippen molar-refractivity contribution in [1.29, 1.82) is 0 Å². The number of rotatable bonds is 2. The SMILES string of the molecule is CCSC1O[C@H](C)[C@H](O)[C@H](O)[C@H]1O. The second-order valence-corrected chi connectivity index (χ2v) is 4.51. The van der Waals surface area contributed by atoms with Crippen LogP contribution in [0.25, 0.3) is 0 Å². The van der Waals surface area contributed by atoms with Gasteiger partial charge in [0, 0.05) is 0 Å². The van der Waals surface area contributed by atoms with E-state index in [2.05, 4.69) is 0 Å². The highest BCUT2D eigenvalue weighted by Gasteiger charge is 2.41. The van der Waals surface area contributed by atoms with Crippen molar-refractivity contribution in [2.75, 3.05) is 5.75 Å². The molecule has 3 N–H and O–H groups in total. The lowest BCUT2D eigenvalue weighted by Crippen LogP contribution is -2.55. The third-order valence-corrected chi connectivity index (χ3v) is 3.19. The molecule has 0 aromatic rings. The van der Waals surface area contributed by atoms with E-state index in [-0.39, 0.29) is 0 Å². The van der Waals surface area contributed by atoms with Crippen LogP contribution in [-0.2, 0) is 4.74 Å². The number of thioether (sulfide) groups is 1. The molecule has 0 aliphatic carbocycles. The van der Waals surface area contributed by atoms with Crippen molar-refractivity contribution in [2.24, 2.45) is 0 Å². The molecule has 1 aliphatic heterocycles. The molecule has 0 radical (unpaired) electrons. The maximum atomic E-state index is 9.50. The highest BCUT2D eigenvalue weighted by atomic mass is 32.2. The second kappa shape index (κ2) is 4.61. The van der Waals surface area contributed by atoms with Crippen molar-refractivity contribution in [3.8, 4) is 0 Å². The summed E-state index contributed by atoms with van der Waals surface area (Å²) >= 11 is 1.43. The van der Waals surface area contributed by atoms with E-state index < -0.39 is 29.9 Å². The Morgan fingerprint density at radius 3 is 2.31 bits per heavy atom. The highest BCUT2D eigenvalue weighted by molar-refractivity contribution is 7.99. The van der Waals surface area contributed by atoms with Gasteiger partial charge in [-0.15, -0.1) is 11.8 Å². The van der Waals surface area contributed by atoms with E-state index in [0.29, 0.717) is 0 Å². The first-order valence-corrected chi connectivity index (χ1v) is 5.44. The Morgan fingerprint density at radius 1 is 1.15 bits per heavy atom. The van der Waals surface area contributed by atoms with Gasteiger partial charge in [-0.3, -0.25) is 0 Å². The summed E-state index contributed by atoms with van der Waals surface area (Å²) in [5.41, 5.74) is -0.432. The average molecular weight is 208 g/mol. The summed E-state index contributed by atoms with van der Waals surface area (Å²) in [6.45, 7) is 3.63. The molecule has 5 atom stereocenters. The van der Waals surface area contributed by atoms with Gasteiger partial charge in [0.05, 0.1) is 6.10 Å². The molecule has 1 aliphatic rings. The van der Waals surface area contributed by atoms with Gasteiger partial charge in [0.15, 0.2) is 0 Å². The molecule has 0 amide bonds. The molecule has 13 heavy (non-hydrogen) atoms. The maximum absolute atomic E-state index is 9.50. The predicted molar refractivity (Wildman–Crippen MR) is 50.5 cm³/mol. The maximum Gasteiger partial charge on any atom is 0.132 e. The quantitative estimate of drug-likeness (QED) is 0.574. The fourth-order valence-electron chi connectivity index (χ4n) is 1.32. The molecular weight excluding hydrogens is 192 g/mol. The Bertz CT molecular complexity index is 166. The normalized spacial score (nSPS) is 46.4. The van der Waals surface area contributed by atoms with Crippen LogP contribution in [0.4, 0.5) is 0 Å². The second-order valence-electron chi connectivity index (χ2n) is 3.14. The fourth-order valence-corrected chi connectivity index (χ4v) is 2.26. The van der Waals surface area contributed by atoms with E-state index in [9.17, 15) is 15.3 Å². The predicted octanol–water partition coefficient (Wildman–Crippen LogP) is -0.433. The molecule has 1 unspecified atom stereocenters. The lowest BCUT2D eigenvalue weighted by molar-refractivity contribution is -0.192. The van der Waals surface area contributed by atoms with E-state index in [1.807, 2.05) is 6.92 Å². The Labute approximate surface area is 81.9 Å². The van der Waals surface area contributed by atoms with Crippen LogP contribution in [0.1, 0.15) is 13.8 Å². The number of aliphatic hydroxyl groups is 3. The summed E-state index contributed by atoms with van der Waals surface area (Å²) in [5.74, 6) is 0.803. The van der Waals surface area contributed by atoms with Crippen molar-refractivity contribution in [3.63, 3.8) is 0 Å². The largest absolute Gasteiger partial charge is 0.388 e. The van der Waals surface area contributed by atoms with Gasteiger partial charge in [-0.05, 0) is 12.7 Å². The number of hydrogen-bond donors (Lipinski definition) is 3. The van der Waals surface area contributed by atoms with Crippen molar-refractivity contribution in [3.05, 3.63) is 0 Å². The molecule has 4 nitrogen and oxygen atoms in total. The zero-order chi connectivity index (χ0) is 10.0. The smallest absolute Gasteiger partial charge is 0.132 e. The van der Waals surface area contributed by atoms with Gasteiger partial charge in [0.1, 0.15) is 23.7 Å². The van der Waals surface area contributed by atoms with Crippen LogP contribution in [0.15, 0.2) is 0 Å². The minimum absolute atomic E-state index is 0.428. The monoisotopic (exact) mass is 208 g/mol. The fraction of sp³-hybridized carbons (Fsp3) is 1.00. The first-order valence-electron chi connectivity index (χ1n) is 4.39. The molecule has 1 fully saturated rings. The zero-order valence-electron chi connectivity index (χ0n) is 7.75. The molecule has 0 aromatic heterocycles. The molecule has 1 heterocycles. The van der Waals surface area contributed by atoms with Crippen LogP contribution in [0.2, 0.25) is 0 Å². The Hall–Kier alpha value is 0.190. The molecule has 78 valence electrons. The molecule has 0 bridgehead atoms. The van der Waals surface area contributed by atoms with Gasteiger partial charge in [-0.25, -0.2) is 0 Å². The van der Waals surface area contributed by atoms with Crippen LogP contribution in [0.5, 0.6) is 0 Å². The molecule has 0 spiro atoms. The summed E-state index contributed by atoms with van der Waals surface area (Å²) in [4.78, 5) is 0. The van der Waals surface area contributed by atoms with Gasteiger partial charge < -0.3 is 20.1 Å². The molecule has 1 saturated heterocycles. The Morgan fingerprint density at radius 2 is 1.77 bits per heavy atom. The van der Waals surface area contributed by atoms with E-state index in [1.165, 1.54) is 11.8 Å². The molecule has 1 rings (SSSR count). The van der Waals surface area contributed by atoms with Crippen LogP contribution in [-0.4, -0.2) is 50.9 Å². The van der Waals surface area contributed by atoms with Gasteiger partial charge in [-0.2, -0.15) is 0 Å². The molecule has 0 aromatic carbocycles.